The van der Waals surface area contributed by atoms with Crippen molar-refractivity contribution in [3.63, 3.8) is 0 Å². The molecule has 0 spiro atoms. The van der Waals surface area contributed by atoms with Gasteiger partial charge in [0.1, 0.15) is 12.4 Å². The smallest absolute Gasteiger partial charge is 0.264 e. The molecule has 0 atom stereocenters. The lowest BCUT2D eigenvalue weighted by Crippen LogP contribution is -2.19. The van der Waals surface area contributed by atoms with Crippen LogP contribution < -0.4 is 14.8 Å². The van der Waals surface area contributed by atoms with Gasteiger partial charge in [0.2, 0.25) is 0 Å². The third kappa shape index (κ3) is 6.11. The van der Waals surface area contributed by atoms with E-state index in [1.807, 2.05) is 25.1 Å². The molecule has 1 aliphatic rings. The summed E-state index contributed by atoms with van der Waals surface area (Å²) in [6, 6.07) is 15.7. The molecule has 35 heavy (non-hydrogen) atoms. The molecule has 0 aliphatic carbocycles. The first-order valence-electron chi connectivity index (χ1n) is 11.3. The summed E-state index contributed by atoms with van der Waals surface area (Å²) >= 11 is 1.23. The van der Waals surface area contributed by atoms with Crippen LogP contribution in [0.3, 0.4) is 0 Å². The van der Waals surface area contributed by atoms with Crippen LogP contribution in [0.5, 0.6) is 11.5 Å². The molecule has 4 rings (SSSR count). The van der Waals surface area contributed by atoms with Crippen LogP contribution in [0.2, 0.25) is 0 Å². The fourth-order valence-corrected chi connectivity index (χ4v) is 4.70. The van der Waals surface area contributed by atoms with E-state index in [1.165, 1.54) is 40.6 Å². The Balaban J connectivity index is 1.52. The van der Waals surface area contributed by atoms with E-state index in [4.69, 9.17) is 9.47 Å². The van der Waals surface area contributed by atoms with Crippen molar-refractivity contribution in [2.75, 3.05) is 6.61 Å². The molecule has 1 amide bonds. The van der Waals surface area contributed by atoms with E-state index in [0.717, 1.165) is 11.1 Å². The molecule has 1 heterocycles. The normalized spacial score (nSPS) is 15.5. The molecule has 0 saturated carbocycles. The zero-order valence-corrected chi connectivity index (χ0v) is 21.0. The van der Waals surface area contributed by atoms with Crippen molar-refractivity contribution in [1.82, 2.24) is 5.32 Å². The number of halogens is 1. The second-order valence-corrected chi connectivity index (χ2v) is 9.29. The van der Waals surface area contributed by atoms with E-state index in [2.05, 4.69) is 43.2 Å². The van der Waals surface area contributed by atoms with E-state index in [-0.39, 0.29) is 11.7 Å². The van der Waals surface area contributed by atoms with Gasteiger partial charge in [0, 0.05) is 0 Å². The zero-order valence-electron chi connectivity index (χ0n) is 20.1. The topological polar surface area (TPSA) is 59.9 Å². The molecule has 7 heteroatoms. The number of amides is 1. The molecule has 3 aromatic rings. The first-order chi connectivity index (χ1) is 16.8. The van der Waals surface area contributed by atoms with Gasteiger partial charge >= 0.3 is 0 Å². The summed E-state index contributed by atoms with van der Waals surface area (Å²) in [5.74, 6) is 0.696. The van der Waals surface area contributed by atoms with Crippen LogP contribution in [0.1, 0.15) is 34.7 Å². The summed E-state index contributed by atoms with van der Waals surface area (Å²) in [6.45, 7) is 9.13. The number of hydrogen-bond acceptors (Lipinski definition) is 5. The molecule has 180 valence electrons. The minimum Gasteiger partial charge on any atom is -0.490 e. The van der Waals surface area contributed by atoms with Crippen LogP contribution in [0, 0.1) is 26.6 Å². The minimum absolute atomic E-state index is 0.237. The Morgan fingerprint density at radius 1 is 0.971 bits per heavy atom. The van der Waals surface area contributed by atoms with Gasteiger partial charge in [-0.05, 0) is 104 Å². The molecular weight excluding hydrogens is 463 g/mol. The Hall–Kier alpha value is -3.58. The van der Waals surface area contributed by atoms with E-state index < -0.39 is 0 Å². The van der Waals surface area contributed by atoms with E-state index >= 15 is 0 Å². The van der Waals surface area contributed by atoms with Gasteiger partial charge in [-0.15, -0.1) is 0 Å². The maximum atomic E-state index is 13.1. The molecule has 1 N–H and O–H groups in total. The Morgan fingerprint density at radius 2 is 1.69 bits per heavy atom. The first kappa shape index (κ1) is 24.5. The van der Waals surface area contributed by atoms with Crippen molar-refractivity contribution in [3.05, 3.63) is 93.1 Å². The number of ether oxygens (including phenoxy) is 2. The van der Waals surface area contributed by atoms with Crippen molar-refractivity contribution in [2.24, 2.45) is 4.99 Å². The van der Waals surface area contributed by atoms with Gasteiger partial charge in [-0.2, -0.15) is 0 Å². The van der Waals surface area contributed by atoms with E-state index in [9.17, 15) is 9.18 Å². The van der Waals surface area contributed by atoms with Crippen LogP contribution in [-0.2, 0) is 11.4 Å². The second kappa shape index (κ2) is 10.8. The second-order valence-electron chi connectivity index (χ2n) is 8.26. The van der Waals surface area contributed by atoms with Crippen LogP contribution in [0.4, 0.5) is 10.1 Å². The summed E-state index contributed by atoms with van der Waals surface area (Å²) in [6.07, 6.45) is 1.79. The molecule has 1 saturated heterocycles. The van der Waals surface area contributed by atoms with Gasteiger partial charge in [-0.3, -0.25) is 4.79 Å². The Bertz CT molecular complexity index is 1290. The molecule has 1 fully saturated rings. The maximum Gasteiger partial charge on any atom is 0.264 e. The number of carbonyl (C=O) groups is 1. The van der Waals surface area contributed by atoms with Crippen LogP contribution in [0.25, 0.3) is 6.08 Å². The van der Waals surface area contributed by atoms with Crippen LogP contribution >= 0.6 is 11.8 Å². The number of thioether (sulfide) groups is 1. The molecule has 3 aromatic carbocycles. The lowest BCUT2D eigenvalue weighted by atomic mass is 10.0. The van der Waals surface area contributed by atoms with Crippen molar-refractivity contribution in [2.45, 2.75) is 34.3 Å². The number of aliphatic imine (C=N–C) groups is 1. The SMILES string of the molecule is CCOc1cc(/C=C2\SC(=Nc3ccc(F)cc3)NC2=O)ccc1OCc1c(C)cc(C)cc1C. The predicted octanol–water partition coefficient (Wildman–Crippen LogP) is 6.62. The van der Waals surface area contributed by atoms with Gasteiger partial charge in [-0.25, -0.2) is 9.38 Å². The lowest BCUT2D eigenvalue weighted by Gasteiger charge is -2.15. The molecular formula is C28H27FN2O3S. The summed E-state index contributed by atoms with van der Waals surface area (Å²) < 4.78 is 25.1. The van der Waals surface area contributed by atoms with Crippen LogP contribution in [0.15, 0.2) is 64.5 Å². The number of nitrogens with zero attached hydrogens (tertiary/aromatic N) is 1. The average molecular weight is 491 g/mol. The summed E-state index contributed by atoms with van der Waals surface area (Å²) in [5.41, 5.74) is 6.17. The number of carbonyl (C=O) groups excluding carboxylic acids is 1. The summed E-state index contributed by atoms with van der Waals surface area (Å²) in [5, 5.41) is 3.19. The third-order valence-electron chi connectivity index (χ3n) is 5.49. The van der Waals surface area contributed by atoms with Gasteiger partial charge in [0.15, 0.2) is 16.7 Å². The monoisotopic (exact) mass is 490 g/mol. The third-order valence-corrected chi connectivity index (χ3v) is 6.40. The standard InChI is InChI=1S/C28H27FN2O3S/c1-5-33-25-14-20(6-11-24(25)34-16-23-18(3)12-17(2)13-19(23)4)15-26-27(32)31-28(35-26)30-22-9-7-21(29)8-10-22/h6-15H,5,16H2,1-4H3,(H,30,31,32)/b26-15-. The lowest BCUT2D eigenvalue weighted by molar-refractivity contribution is -0.115. The van der Waals surface area contributed by atoms with Crippen molar-refractivity contribution >= 4 is 34.6 Å². The maximum absolute atomic E-state index is 13.1. The first-order valence-corrected chi connectivity index (χ1v) is 12.2. The zero-order chi connectivity index (χ0) is 24.9. The van der Waals surface area contributed by atoms with E-state index in [1.54, 1.807) is 18.2 Å². The quantitative estimate of drug-likeness (QED) is 0.378. The minimum atomic E-state index is -0.334. The fourth-order valence-electron chi connectivity index (χ4n) is 3.85. The van der Waals surface area contributed by atoms with Gasteiger partial charge in [0.25, 0.3) is 5.91 Å². The number of aryl methyl sites for hydroxylation is 3. The molecule has 0 bridgehead atoms. The Kier molecular flexibility index (Phi) is 7.56. The van der Waals surface area contributed by atoms with Crippen molar-refractivity contribution < 1.29 is 18.7 Å². The highest BCUT2D eigenvalue weighted by Gasteiger charge is 2.24. The molecule has 5 nitrogen and oxygen atoms in total. The highest BCUT2D eigenvalue weighted by molar-refractivity contribution is 8.18. The average Bonchev–Trinajstić information content (AvgIpc) is 3.14. The highest BCUT2D eigenvalue weighted by Crippen LogP contribution is 2.33. The molecule has 1 aliphatic heterocycles. The summed E-state index contributed by atoms with van der Waals surface area (Å²) in [4.78, 5) is 17.3. The molecule has 0 radical (unpaired) electrons. The van der Waals surface area contributed by atoms with Gasteiger partial charge in [-0.1, -0.05) is 23.8 Å². The number of amidine groups is 1. The summed E-state index contributed by atoms with van der Waals surface area (Å²) in [7, 11) is 0. The molecule has 0 unspecified atom stereocenters. The Morgan fingerprint density at radius 3 is 2.37 bits per heavy atom. The van der Waals surface area contributed by atoms with E-state index in [0.29, 0.717) is 40.5 Å². The fraction of sp³-hybridized carbons (Fsp3) is 0.214. The van der Waals surface area contributed by atoms with Crippen molar-refractivity contribution in [3.8, 4) is 11.5 Å². The Labute approximate surface area is 209 Å². The highest BCUT2D eigenvalue weighted by atomic mass is 32.2. The van der Waals surface area contributed by atoms with Gasteiger partial charge < -0.3 is 14.8 Å². The number of benzene rings is 3. The van der Waals surface area contributed by atoms with Crippen LogP contribution in [-0.4, -0.2) is 17.7 Å². The largest absolute Gasteiger partial charge is 0.490 e. The van der Waals surface area contributed by atoms with Gasteiger partial charge in [0.05, 0.1) is 17.2 Å². The number of hydrogen-bond donors (Lipinski definition) is 1. The molecule has 0 aromatic heterocycles. The number of rotatable bonds is 7. The number of nitrogens with one attached hydrogen (secondary N) is 1. The van der Waals surface area contributed by atoms with Crippen molar-refractivity contribution in [1.29, 1.82) is 0 Å². The predicted molar refractivity (Wildman–Crippen MR) is 140 cm³/mol.